The molecule has 1 aromatic heterocycles. The number of benzene rings is 1. The van der Waals surface area contributed by atoms with Crippen molar-refractivity contribution in [3.63, 3.8) is 0 Å². The highest BCUT2D eigenvalue weighted by Crippen LogP contribution is 2.35. The van der Waals surface area contributed by atoms with Crippen LogP contribution < -0.4 is 14.8 Å². The highest BCUT2D eigenvalue weighted by Gasteiger charge is 2.25. The lowest BCUT2D eigenvalue weighted by Gasteiger charge is -1.98. The van der Waals surface area contributed by atoms with Crippen LogP contribution in [0, 0.1) is 6.92 Å². The molecule has 1 N–H and O–H groups in total. The summed E-state index contributed by atoms with van der Waals surface area (Å²) in [6.45, 7) is 3.47. The predicted molar refractivity (Wildman–Crippen MR) is 100 cm³/mol. The van der Waals surface area contributed by atoms with E-state index in [9.17, 15) is 9.59 Å². The van der Waals surface area contributed by atoms with Crippen molar-refractivity contribution in [3.05, 3.63) is 39.2 Å². The molecule has 0 spiro atoms. The first-order chi connectivity index (χ1) is 12.5. The van der Waals surface area contributed by atoms with Crippen molar-refractivity contribution in [1.29, 1.82) is 0 Å². The number of nitrogens with one attached hydrogen (secondary N) is 1. The monoisotopic (exact) mass is 387 g/mol. The molecule has 3 heterocycles. The maximum absolute atomic E-state index is 12.2. The third-order valence-corrected chi connectivity index (χ3v) is 5.71. The number of ketones is 1. The van der Waals surface area contributed by atoms with E-state index in [1.165, 1.54) is 30.0 Å². The maximum Gasteiger partial charge on any atom is 0.264 e. The summed E-state index contributed by atoms with van der Waals surface area (Å²) in [4.78, 5) is 33.4. The van der Waals surface area contributed by atoms with Gasteiger partial charge in [-0.3, -0.25) is 9.59 Å². The number of aromatic nitrogens is 1. The smallest absolute Gasteiger partial charge is 0.264 e. The minimum atomic E-state index is -0.230. The molecule has 0 radical (unpaired) electrons. The Labute approximate surface area is 157 Å². The molecule has 2 aliphatic heterocycles. The molecule has 132 valence electrons. The number of aliphatic imine (C=N–C) groups is 1. The second-order valence-corrected chi connectivity index (χ2v) is 7.57. The van der Waals surface area contributed by atoms with Gasteiger partial charge in [-0.25, -0.2) is 4.98 Å². The molecule has 7 nitrogen and oxygen atoms in total. The average Bonchev–Trinajstić information content (AvgIpc) is 3.27. The van der Waals surface area contributed by atoms with Gasteiger partial charge >= 0.3 is 0 Å². The number of nitrogens with zero attached hydrogens (tertiary/aromatic N) is 2. The van der Waals surface area contributed by atoms with Crippen LogP contribution in [0.3, 0.4) is 0 Å². The van der Waals surface area contributed by atoms with Gasteiger partial charge in [0, 0.05) is 6.92 Å². The molecule has 0 atom stereocenters. The lowest BCUT2D eigenvalue weighted by Crippen LogP contribution is -2.19. The molecular formula is C17H13N3O4S2. The number of Topliss-reactive ketones (excluding diaryl/α,β-unsaturated/α-hetero) is 1. The second-order valence-electron chi connectivity index (χ2n) is 5.56. The van der Waals surface area contributed by atoms with Crippen LogP contribution in [0.2, 0.25) is 0 Å². The van der Waals surface area contributed by atoms with Crippen molar-refractivity contribution in [3.8, 4) is 11.5 Å². The highest BCUT2D eigenvalue weighted by molar-refractivity contribution is 8.18. The Morgan fingerprint density at radius 1 is 1.35 bits per heavy atom. The highest BCUT2D eigenvalue weighted by atomic mass is 32.2. The molecule has 2 aromatic rings. The molecule has 0 aliphatic carbocycles. The van der Waals surface area contributed by atoms with Gasteiger partial charge in [0.15, 0.2) is 22.4 Å². The lowest BCUT2D eigenvalue weighted by atomic mass is 10.2. The number of amidine groups is 1. The first-order valence-corrected chi connectivity index (χ1v) is 9.30. The van der Waals surface area contributed by atoms with Gasteiger partial charge < -0.3 is 14.8 Å². The standard InChI is InChI=1S/C17H13N3O4S2/c1-8-14(9(2)21)26-16(18-8)20-17-19-15(22)13(25-17)6-10-3-4-11-12(5-10)24-7-23-11/h3-6H,7H2,1-2H3,(H,18,19,20,22)/b13-6-. The van der Waals surface area contributed by atoms with E-state index in [0.717, 1.165) is 5.56 Å². The fourth-order valence-corrected chi connectivity index (χ4v) is 4.20. The number of fused-ring (bicyclic) bond motifs is 1. The predicted octanol–water partition coefficient (Wildman–Crippen LogP) is 3.27. The van der Waals surface area contributed by atoms with Crippen molar-refractivity contribution < 1.29 is 19.1 Å². The van der Waals surface area contributed by atoms with Crippen molar-refractivity contribution in [2.24, 2.45) is 4.99 Å². The van der Waals surface area contributed by atoms with Crippen molar-refractivity contribution >= 4 is 51.2 Å². The summed E-state index contributed by atoms with van der Waals surface area (Å²) < 4.78 is 10.6. The molecule has 0 saturated carbocycles. The van der Waals surface area contributed by atoms with Crippen LogP contribution in [0.25, 0.3) is 6.08 Å². The Balaban J connectivity index is 1.57. The van der Waals surface area contributed by atoms with E-state index in [1.54, 1.807) is 13.0 Å². The van der Waals surface area contributed by atoms with Crippen LogP contribution in [0.1, 0.15) is 27.9 Å². The van der Waals surface area contributed by atoms with Crippen LogP contribution in [-0.4, -0.2) is 28.6 Å². The average molecular weight is 387 g/mol. The molecule has 1 saturated heterocycles. The summed E-state index contributed by atoms with van der Waals surface area (Å²) >= 11 is 2.44. The summed E-state index contributed by atoms with van der Waals surface area (Å²) in [5.74, 6) is 1.08. The van der Waals surface area contributed by atoms with Gasteiger partial charge in [-0.1, -0.05) is 17.4 Å². The minimum Gasteiger partial charge on any atom is -0.454 e. The minimum absolute atomic E-state index is 0.0436. The molecule has 4 rings (SSSR count). The van der Waals surface area contributed by atoms with Crippen LogP contribution in [0.4, 0.5) is 5.13 Å². The van der Waals surface area contributed by atoms with Crippen LogP contribution in [0.5, 0.6) is 11.5 Å². The fourth-order valence-electron chi connectivity index (χ4n) is 2.48. The molecule has 0 unspecified atom stereocenters. The van der Waals surface area contributed by atoms with Gasteiger partial charge in [0.25, 0.3) is 5.91 Å². The third-order valence-electron chi connectivity index (χ3n) is 3.65. The molecule has 1 aromatic carbocycles. The Bertz CT molecular complexity index is 994. The molecule has 1 fully saturated rings. The number of hydrogen-bond acceptors (Lipinski definition) is 8. The molecule has 0 bridgehead atoms. The van der Waals surface area contributed by atoms with Crippen LogP contribution in [-0.2, 0) is 4.79 Å². The van der Waals surface area contributed by atoms with Gasteiger partial charge in [0.1, 0.15) is 0 Å². The SMILES string of the molecule is CC(=O)c1sc(N=C2NC(=O)/C(=C/c3ccc4c(c3)OCO4)S2)nc1C. The Hall–Kier alpha value is -2.65. The van der Waals surface area contributed by atoms with E-state index in [0.29, 0.717) is 37.3 Å². The Kier molecular flexibility index (Phi) is 4.25. The maximum atomic E-state index is 12.2. The first-order valence-electron chi connectivity index (χ1n) is 7.67. The number of thioether (sulfide) groups is 1. The van der Waals surface area contributed by atoms with E-state index in [-0.39, 0.29) is 18.5 Å². The van der Waals surface area contributed by atoms with Gasteiger partial charge in [-0.2, -0.15) is 4.99 Å². The molecule has 9 heteroatoms. The number of hydrogen-bond donors (Lipinski definition) is 1. The van der Waals surface area contributed by atoms with E-state index >= 15 is 0 Å². The first kappa shape index (κ1) is 16.8. The number of ether oxygens (including phenoxy) is 2. The van der Waals surface area contributed by atoms with Crippen molar-refractivity contribution in [2.45, 2.75) is 13.8 Å². The third kappa shape index (κ3) is 3.23. The van der Waals surface area contributed by atoms with E-state index in [4.69, 9.17) is 9.47 Å². The number of amides is 1. The second kappa shape index (κ2) is 6.58. The number of carbonyl (C=O) groups is 2. The quantitative estimate of drug-likeness (QED) is 0.642. The van der Waals surface area contributed by atoms with Crippen LogP contribution >= 0.6 is 23.1 Å². The summed E-state index contributed by atoms with van der Waals surface area (Å²) in [7, 11) is 0. The van der Waals surface area contributed by atoms with Gasteiger partial charge in [0.2, 0.25) is 11.9 Å². The normalized spacial score (nSPS) is 18.6. The van der Waals surface area contributed by atoms with Gasteiger partial charge in [-0.05, 0) is 42.5 Å². The Morgan fingerprint density at radius 3 is 2.92 bits per heavy atom. The Morgan fingerprint density at radius 2 is 2.15 bits per heavy atom. The summed E-state index contributed by atoms with van der Waals surface area (Å²) in [5, 5.41) is 3.59. The molecule has 26 heavy (non-hydrogen) atoms. The molecule has 1 amide bonds. The van der Waals surface area contributed by atoms with Crippen molar-refractivity contribution in [2.75, 3.05) is 6.79 Å². The fraction of sp³-hybridized carbons (Fsp3) is 0.176. The zero-order valence-electron chi connectivity index (χ0n) is 13.9. The zero-order chi connectivity index (χ0) is 18.3. The van der Waals surface area contributed by atoms with E-state index in [2.05, 4.69) is 15.3 Å². The summed E-state index contributed by atoms with van der Waals surface area (Å²) in [6, 6.07) is 5.48. The van der Waals surface area contributed by atoms with Gasteiger partial charge in [0.05, 0.1) is 15.5 Å². The van der Waals surface area contributed by atoms with Crippen LogP contribution in [0.15, 0.2) is 28.1 Å². The number of carbonyl (C=O) groups excluding carboxylic acids is 2. The molecular weight excluding hydrogens is 374 g/mol. The zero-order valence-corrected chi connectivity index (χ0v) is 15.5. The molecule has 2 aliphatic rings. The largest absolute Gasteiger partial charge is 0.454 e. The van der Waals surface area contributed by atoms with E-state index < -0.39 is 0 Å². The van der Waals surface area contributed by atoms with Crippen molar-refractivity contribution in [1.82, 2.24) is 10.3 Å². The summed E-state index contributed by atoms with van der Waals surface area (Å²) in [6.07, 6.45) is 1.76. The number of aryl methyl sites for hydroxylation is 1. The number of rotatable bonds is 3. The number of thiazole rings is 1. The van der Waals surface area contributed by atoms with E-state index in [1.807, 2.05) is 18.2 Å². The summed E-state index contributed by atoms with van der Waals surface area (Å²) in [5.41, 5.74) is 1.48. The van der Waals surface area contributed by atoms with Gasteiger partial charge in [-0.15, -0.1) is 0 Å². The topological polar surface area (TPSA) is 89.9 Å². The lowest BCUT2D eigenvalue weighted by molar-refractivity contribution is -0.115.